The standard InChI is InChI=1S/C65H41NO2/c1-2-14-42(15-3-1)43-27-31-47(32-28-43)66(48-33-29-44(30-34-48)45-16-12-17-46(38-45)62-26-13-37-67-62)49-35-36-54-51-19-5-4-18-50(51)52-20-6-9-23-58(52)65(60(54)39-49)59-24-10-7-21-53(59)56-41-64-57(40-61(56)65)55-22-8-11-25-63(55)68-64/h1-41H. The van der Waals surface area contributed by atoms with Crippen LogP contribution in [-0.4, -0.2) is 0 Å². The molecule has 2 aromatic heterocycles. The molecule has 0 saturated carbocycles. The molecule has 2 aliphatic rings. The van der Waals surface area contributed by atoms with E-state index in [1.165, 1.54) is 66.8 Å². The molecule has 68 heavy (non-hydrogen) atoms. The number of para-hydroxylation sites is 1. The zero-order valence-electron chi connectivity index (χ0n) is 36.9. The van der Waals surface area contributed by atoms with Gasteiger partial charge in [0.25, 0.3) is 0 Å². The van der Waals surface area contributed by atoms with Crippen LogP contribution in [0.3, 0.4) is 0 Å². The second-order valence-corrected chi connectivity index (χ2v) is 18.0. The largest absolute Gasteiger partial charge is 0.464 e. The Kier molecular flexibility index (Phi) is 8.50. The van der Waals surface area contributed by atoms with Crippen LogP contribution < -0.4 is 4.90 Å². The minimum Gasteiger partial charge on any atom is -0.464 e. The van der Waals surface area contributed by atoms with E-state index in [9.17, 15) is 0 Å². The second kappa shape index (κ2) is 15.1. The van der Waals surface area contributed by atoms with E-state index in [0.29, 0.717) is 0 Å². The molecule has 1 unspecified atom stereocenters. The predicted molar refractivity (Wildman–Crippen MR) is 279 cm³/mol. The van der Waals surface area contributed by atoms with Gasteiger partial charge in [0.15, 0.2) is 0 Å². The smallest absolute Gasteiger partial charge is 0.136 e. The monoisotopic (exact) mass is 867 g/mol. The number of fused-ring (bicyclic) bond motifs is 15. The maximum absolute atomic E-state index is 6.62. The van der Waals surface area contributed by atoms with Gasteiger partial charge < -0.3 is 13.7 Å². The van der Waals surface area contributed by atoms with E-state index in [4.69, 9.17) is 8.83 Å². The van der Waals surface area contributed by atoms with E-state index in [1.807, 2.05) is 12.1 Å². The molecule has 2 aliphatic carbocycles. The fraction of sp³-hybridized carbons (Fsp3) is 0.0154. The Labute approximate surface area is 394 Å². The van der Waals surface area contributed by atoms with E-state index in [-0.39, 0.29) is 0 Å². The highest BCUT2D eigenvalue weighted by Gasteiger charge is 2.50. The van der Waals surface area contributed by atoms with Crippen molar-refractivity contribution in [2.24, 2.45) is 0 Å². The fourth-order valence-corrected chi connectivity index (χ4v) is 11.4. The van der Waals surface area contributed by atoms with E-state index in [1.54, 1.807) is 6.26 Å². The minimum atomic E-state index is -0.689. The third-order valence-electron chi connectivity index (χ3n) is 14.4. The van der Waals surface area contributed by atoms with Gasteiger partial charge in [0, 0.05) is 33.4 Å². The van der Waals surface area contributed by atoms with Gasteiger partial charge in [0.2, 0.25) is 0 Å². The average Bonchev–Trinajstić information content (AvgIpc) is 4.14. The molecule has 12 aromatic rings. The molecule has 0 bridgehead atoms. The number of anilines is 3. The van der Waals surface area contributed by atoms with Gasteiger partial charge in [0.1, 0.15) is 16.9 Å². The number of nitrogens with zero attached hydrogens (tertiary/aromatic N) is 1. The van der Waals surface area contributed by atoms with Crippen LogP contribution in [0.4, 0.5) is 17.1 Å². The van der Waals surface area contributed by atoms with Crippen LogP contribution in [0.25, 0.3) is 88.9 Å². The number of hydrogen-bond donors (Lipinski definition) is 0. The lowest BCUT2D eigenvalue weighted by atomic mass is 9.65. The van der Waals surface area contributed by atoms with E-state index >= 15 is 0 Å². The van der Waals surface area contributed by atoms with Gasteiger partial charge in [-0.2, -0.15) is 0 Å². The van der Waals surface area contributed by atoms with Crippen LogP contribution in [0, 0.1) is 0 Å². The lowest BCUT2D eigenvalue weighted by molar-refractivity contribution is 0.582. The Morgan fingerprint density at radius 2 is 0.838 bits per heavy atom. The molecular formula is C65H41NO2. The second-order valence-electron chi connectivity index (χ2n) is 18.0. The van der Waals surface area contributed by atoms with Crippen molar-refractivity contribution in [1.29, 1.82) is 0 Å². The highest BCUT2D eigenvalue weighted by molar-refractivity contribution is 6.09. The molecule has 0 fully saturated rings. The Hall–Kier alpha value is -8.92. The van der Waals surface area contributed by atoms with Crippen LogP contribution in [0.2, 0.25) is 0 Å². The zero-order chi connectivity index (χ0) is 44.8. The summed E-state index contributed by atoms with van der Waals surface area (Å²) in [6.07, 6.45) is 1.73. The van der Waals surface area contributed by atoms with Crippen molar-refractivity contribution in [3.05, 3.63) is 271 Å². The predicted octanol–water partition coefficient (Wildman–Crippen LogP) is 17.7. The summed E-state index contributed by atoms with van der Waals surface area (Å²) >= 11 is 0. The molecule has 3 nitrogen and oxygen atoms in total. The number of furan rings is 2. The Balaban J connectivity index is 1.03. The topological polar surface area (TPSA) is 29.5 Å². The number of benzene rings is 10. The van der Waals surface area contributed by atoms with E-state index < -0.39 is 5.41 Å². The Morgan fingerprint density at radius 1 is 0.294 bits per heavy atom. The lowest BCUT2D eigenvalue weighted by Gasteiger charge is -2.36. The molecule has 10 aromatic carbocycles. The molecule has 0 saturated heterocycles. The molecule has 0 amide bonds. The zero-order valence-corrected chi connectivity index (χ0v) is 36.9. The van der Waals surface area contributed by atoms with Gasteiger partial charge in [-0.15, -0.1) is 0 Å². The normalized spacial score (nSPS) is 14.2. The van der Waals surface area contributed by atoms with Crippen LogP contribution in [0.5, 0.6) is 0 Å². The molecule has 1 spiro atoms. The van der Waals surface area contributed by atoms with Gasteiger partial charge in [0.05, 0.1) is 11.7 Å². The van der Waals surface area contributed by atoms with Crippen LogP contribution >= 0.6 is 0 Å². The van der Waals surface area contributed by atoms with Crippen molar-refractivity contribution in [3.8, 4) is 67.0 Å². The first-order chi connectivity index (χ1) is 33.7. The summed E-state index contributed by atoms with van der Waals surface area (Å²) in [7, 11) is 0. The molecule has 2 heterocycles. The summed E-state index contributed by atoms with van der Waals surface area (Å²) in [5.74, 6) is 0.856. The van der Waals surface area contributed by atoms with Crippen molar-refractivity contribution < 1.29 is 8.83 Å². The van der Waals surface area contributed by atoms with Gasteiger partial charge in [-0.05, 0) is 151 Å². The summed E-state index contributed by atoms with van der Waals surface area (Å²) in [5, 5.41) is 2.25. The third-order valence-corrected chi connectivity index (χ3v) is 14.4. The summed E-state index contributed by atoms with van der Waals surface area (Å²) in [5.41, 5.74) is 22.3. The first kappa shape index (κ1) is 38.4. The molecule has 0 N–H and O–H groups in total. The third kappa shape index (κ3) is 5.72. The first-order valence-corrected chi connectivity index (χ1v) is 23.3. The Morgan fingerprint density at radius 3 is 1.54 bits per heavy atom. The molecule has 318 valence electrons. The lowest BCUT2D eigenvalue weighted by Crippen LogP contribution is -2.29. The molecule has 0 radical (unpaired) electrons. The summed E-state index contributed by atoms with van der Waals surface area (Å²) in [6.45, 7) is 0. The maximum atomic E-state index is 6.62. The minimum absolute atomic E-state index is 0.689. The van der Waals surface area contributed by atoms with Crippen molar-refractivity contribution >= 4 is 39.0 Å². The summed E-state index contributed by atoms with van der Waals surface area (Å²) < 4.78 is 12.4. The molecule has 14 rings (SSSR count). The van der Waals surface area contributed by atoms with Gasteiger partial charge in [-0.1, -0.05) is 170 Å². The first-order valence-electron chi connectivity index (χ1n) is 23.3. The summed E-state index contributed by atoms with van der Waals surface area (Å²) in [4.78, 5) is 2.42. The van der Waals surface area contributed by atoms with E-state index in [2.05, 4.69) is 235 Å². The Bertz CT molecular complexity index is 3900. The molecule has 3 heteroatoms. The molecule has 0 aliphatic heterocycles. The summed E-state index contributed by atoms with van der Waals surface area (Å²) in [6, 6.07) is 88.6. The SMILES string of the molecule is c1ccc(-c2ccc(N(c3ccc(-c4cccc(-c5ccco5)c4)cc3)c3ccc4c(c3)C3(c5ccccc5-c5ccccc5-4)c4ccccc4-c4cc5oc6ccccc6c5cc43)cc2)cc1. The van der Waals surface area contributed by atoms with Gasteiger partial charge >= 0.3 is 0 Å². The molecule has 1 atom stereocenters. The average molecular weight is 868 g/mol. The fourth-order valence-electron chi connectivity index (χ4n) is 11.4. The van der Waals surface area contributed by atoms with Crippen molar-refractivity contribution in [3.63, 3.8) is 0 Å². The van der Waals surface area contributed by atoms with Gasteiger partial charge in [-0.3, -0.25) is 0 Å². The highest BCUT2D eigenvalue weighted by Crippen LogP contribution is 2.63. The van der Waals surface area contributed by atoms with Crippen molar-refractivity contribution in [2.45, 2.75) is 5.41 Å². The number of rotatable bonds is 6. The highest BCUT2D eigenvalue weighted by atomic mass is 16.3. The quantitative estimate of drug-likeness (QED) is 0.167. The molecular weight excluding hydrogens is 827 g/mol. The number of hydrogen-bond acceptors (Lipinski definition) is 3. The van der Waals surface area contributed by atoms with Crippen molar-refractivity contribution in [1.82, 2.24) is 0 Å². The maximum Gasteiger partial charge on any atom is 0.136 e. The van der Waals surface area contributed by atoms with Crippen molar-refractivity contribution in [2.75, 3.05) is 4.90 Å². The van der Waals surface area contributed by atoms with Crippen LogP contribution in [0.15, 0.2) is 258 Å². The van der Waals surface area contributed by atoms with Crippen LogP contribution in [-0.2, 0) is 5.41 Å². The van der Waals surface area contributed by atoms with Crippen LogP contribution in [0.1, 0.15) is 22.3 Å². The van der Waals surface area contributed by atoms with E-state index in [0.717, 1.165) is 61.5 Å². The van der Waals surface area contributed by atoms with Gasteiger partial charge in [-0.25, -0.2) is 0 Å².